The molecule has 0 radical (unpaired) electrons. The summed E-state index contributed by atoms with van der Waals surface area (Å²) in [6.07, 6.45) is -1.57. The van der Waals surface area contributed by atoms with Gasteiger partial charge in [0.05, 0.1) is 17.3 Å². The quantitative estimate of drug-likeness (QED) is 0.919. The average Bonchev–Trinajstić information content (AvgIpc) is 2.83. The van der Waals surface area contributed by atoms with Crippen molar-refractivity contribution in [2.24, 2.45) is 7.05 Å². The van der Waals surface area contributed by atoms with Crippen LogP contribution in [-0.4, -0.2) is 26.3 Å². The fourth-order valence-corrected chi connectivity index (χ4v) is 1.99. The van der Waals surface area contributed by atoms with Crippen molar-refractivity contribution in [3.05, 3.63) is 41.7 Å². The van der Waals surface area contributed by atoms with Gasteiger partial charge in [0, 0.05) is 19.7 Å². The number of pyridine rings is 1. The number of halogens is 3. The molecule has 0 aliphatic carbocycles. The van der Waals surface area contributed by atoms with Crippen LogP contribution in [0.1, 0.15) is 30.0 Å². The highest BCUT2D eigenvalue weighted by atomic mass is 19.4. The van der Waals surface area contributed by atoms with Crippen molar-refractivity contribution in [3.63, 3.8) is 0 Å². The molecule has 2 rings (SSSR count). The van der Waals surface area contributed by atoms with Gasteiger partial charge in [-0.3, -0.25) is 9.67 Å². The van der Waals surface area contributed by atoms with Gasteiger partial charge in [-0.05, 0) is 18.7 Å². The van der Waals surface area contributed by atoms with E-state index in [1.54, 1.807) is 11.7 Å². The van der Waals surface area contributed by atoms with Crippen LogP contribution >= 0.6 is 0 Å². The van der Waals surface area contributed by atoms with Gasteiger partial charge in [0.1, 0.15) is 12.2 Å². The topological polar surface area (TPSA) is 55.6 Å². The van der Waals surface area contributed by atoms with E-state index in [1.165, 1.54) is 12.4 Å². The molecule has 0 saturated heterocycles. The van der Waals surface area contributed by atoms with Gasteiger partial charge in [-0.1, -0.05) is 6.92 Å². The third-order valence-corrected chi connectivity index (χ3v) is 3.11. The van der Waals surface area contributed by atoms with Crippen molar-refractivity contribution >= 4 is 0 Å². The standard InChI is InChI=1S/C13H16F3N5/c1-3-17-11(6-12-19-8-20-21(12)2)10-5-4-9(7-18-10)13(14,15)16/h4-5,7-8,11,17H,3,6H2,1-2H3. The van der Waals surface area contributed by atoms with E-state index in [0.29, 0.717) is 18.7 Å². The van der Waals surface area contributed by atoms with Crippen LogP contribution in [0.3, 0.4) is 0 Å². The van der Waals surface area contributed by atoms with E-state index in [2.05, 4.69) is 20.4 Å². The summed E-state index contributed by atoms with van der Waals surface area (Å²) in [6, 6.07) is 2.23. The molecule has 1 N–H and O–H groups in total. The van der Waals surface area contributed by atoms with Crippen molar-refractivity contribution in [2.75, 3.05) is 6.54 Å². The molecule has 114 valence electrons. The highest BCUT2D eigenvalue weighted by molar-refractivity contribution is 5.19. The largest absolute Gasteiger partial charge is 0.417 e. The summed E-state index contributed by atoms with van der Waals surface area (Å²) in [5.74, 6) is 0.739. The minimum atomic E-state index is -4.37. The number of nitrogens with zero attached hydrogens (tertiary/aromatic N) is 4. The second kappa shape index (κ2) is 6.21. The lowest BCUT2D eigenvalue weighted by atomic mass is 10.1. The molecule has 0 bridgehead atoms. The Morgan fingerprint density at radius 2 is 2.05 bits per heavy atom. The van der Waals surface area contributed by atoms with E-state index in [-0.39, 0.29) is 6.04 Å². The molecule has 0 aliphatic rings. The number of aromatic nitrogens is 4. The van der Waals surface area contributed by atoms with E-state index < -0.39 is 11.7 Å². The molecule has 0 spiro atoms. The maximum Gasteiger partial charge on any atom is 0.417 e. The van der Waals surface area contributed by atoms with Crippen molar-refractivity contribution in [3.8, 4) is 0 Å². The first kappa shape index (κ1) is 15.4. The number of likely N-dealkylation sites (N-methyl/N-ethyl adjacent to an activating group) is 1. The van der Waals surface area contributed by atoms with Crippen LogP contribution < -0.4 is 5.32 Å². The Hall–Kier alpha value is -1.96. The second-order valence-corrected chi connectivity index (χ2v) is 4.58. The van der Waals surface area contributed by atoms with E-state index in [0.717, 1.165) is 18.1 Å². The summed E-state index contributed by atoms with van der Waals surface area (Å²) < 4.78 is 39.3. The van der Waals surface area contributed by atoms with Crippen molar-refractivity contribution in [1.82, 2.24) is 25.1 Å². The number of nitrogens with one attached hydrogen (secondary N) is 1. The first-order chi connectivity index (χ1) is 9.91. The van der Waals surface area contributed by atoms with Gasteiger partial charge in [-0.15, -0.1) is 0 Å². The van der Waals surface area contributed by atoms with Crippen LogP contribution in [0.5, 0.6) is 0 Å². The lowest BCUT2D eigenvalue weighted by molar-refractivity contribution is -0.137. The zero-order valence-corrected chi connectivity index (χ0v) is 11.7. The Kier molecular flexibility index (Phi) is 4.56. The van der Waals surface area contributed by atoms with E-state index in [1.807, 2.05) is 6.92 Å². The zero-order chi connectivity index (χ0) is 15.5. The number of rotatable bonds is 5. The molecule has 1 atom stereocenters. The third kappa shape index (κ3) is 3.78. The second-order valence-electron chi connectivity index (χ2n) is 4.58. The summed E-state index contributed by atoms with van der Waals surface area (Å²) >= 11 is 0. The number of aryl methyl sites for hydroxylation is 1. The number of hydrogen-bond donors (Lipinski definition) is 1. The predicted octanol–water partition coefficient (Wildman–Crippen LogP) is 2.12. The molecule has 2 aromatic rings. The smallest absolute Gasteiger partial charge is 0.309 e. The lowest BCUT2D eigenvalue weighted by Gasteiger charge is -2.17. The van der Waals surface area contributed by atoms with Crippen molar-refractivity contribution in [1.29, 1.82) is 0 Å². The molecular weight excluding hydrogens is 283 g/mol. The van der Waals surface area contributed by atoms with Gasteiger partial charge in [0.2, 0.25) is 0 Å². The predicted molar refractivity (Wildman–Crippen MR) is 70.4 cm³/mol. The maximum absolute atomic E-state index is 12.5. The minimum Gasteiger partial charge on any atom is -0.309 e. The number of hydrogen-bond acceptors (Lipinski definition) is 4. The first-order valence-electron chi connectivity index (χ1n) is 6.51. The van der Waals surface area contributed by atoms with E-state index in [4.69, 9.17) is 0 Å². The van der Waals surface area contributed by atoms with Crippen LogP contribution in [0, 0.1) is 0 Å². The monoisotopic (exact) mass is 299 g/mol. The Bertz CT molecular complexity index is 576. The highest BCUT2D eigenvalue weighted by Gasteiger charge is 2.31. The molecule has 2 aromatic heterocycles. The molecular formula is C13H16F3N5. The van der Waals surface area contributed by atoms with Gasteiger partial charge in [-0.25, -0.2) is 4.98 Å². The molecule has 0 amide bonds. The summed E-state index contributed by atoms with van der Waals surface area (Å²) in [4.78, 5) is 8.06. The number of alkyl halides is 3. The Morgan fingerprint density at radius 1 is 1.29 bits per heavy atom. The fourth-order valence-electron chi connectivity index (χ4n) is 1.99. The molecule has 0 aliphatic heterocycles. The van der Waals surface area contributed by atoms with E-state index in [9.17, 15) is 13.2 Å². The van der Waals surface area contributed by atoms with Crippen LogP contribution in [0.25, 0.3) is 0 Å². The van der Waals surface area contributed by atoms with Gasteiger partial charge >= 0.3 is 6.18 Å². The lowest BCUT2D eigenvalue weighted by Crippen LogP contribution is -2.25. The SMILES string of the molecule is CCNC(Cc1ncnn1C)c1ccc(C(F)(F)F)cn1. The van der Waals surface area contributed by atoms with E-state index >= 15 is 0 Å². The summed E-state index contributed by atoms with van der Waals surface area (Å²) in [5, 5.41) is 7.18. The molecule has 8 heteroatoms. The molecule has 0 fully saturated rings. The van der Waals surface area contributed by atoms with Crippen molar-refractivity contribution < 1.29 is 13.2 Å². The first-order valence-corrected chi connectivity index (χ1v) is 6.51. The molecule has 2 heterocycles. The van der Waals surface area contributed by atoms with Crippen LogP contribution in [0.15, 0.2) is 24.7 Å². The normalized spacial score (nSPS) is 13.4. The fraction of sp³-hybridized carbons (Fsp3) is 0.462. The van der Waals surface area contributed by atoms with Crippen LogP contribution in [-0.2, 0) is 19.6 Å². The Labute approximate surface area is 120 Å². The molecule has 0 saturated carbocycles. The third-order valence-electron chi connectivity index (χ3n) is 3.11. The molecule has 21 heavy (non-hydrogen) atoms. The van der Waals surface area contributed by atoms with Gasteiger partial charge in [-0.2, -0.15) is 18.3 Å². The Balaban J connectivity index is 2.20. The van der Waals surface area contributed by atoms with Gasteiger partial charge in [0.25, 0.3) is 0 Å². The minimum absolute atomic E-state index is 0.208. The van der Waals surface area contributed by atoms with Gasteiger partial charge < -0.3 is 5.32 Å². The van der Waals surface area contributed by atoms with Crippen LogP contribution in [0.2, 0.25) is 0 Å². The summed E-state index contributed by atoms with van der Waals surface area (Å²) in [5.41, 5.74) is -0.201. The summed E-state index contributed by atoms with van der Waals surface area (Å²) in [7, 11) is 1.77. The molecule has 0 aromatic carbocycles. The average molecular weight is 299 g/mol. The van der Waals surface area contributed by atoms with Crippen LogP contribution in [0.4, 0.5) is 13.2 Å². The summed E-state index contributed by atoms with van der Waals surface area (Å²) in [6.45, 7) is 2.60. The maximum atomic E-state index is 12.5. The molecule has 1 unspecified atom stereocenters. The highest BCUT2D eigenvalue weighted by Crippen LogP contribution is 2.29. The molecule has 5 nitrogen and oxygen atoms in total. The zero-order valence-electron chi connectivity index (χ0n) is 11.7. The Morgan fingerprint density at radius 3 is 2.52 bits per heavy atom. The van der Waals surface area contributed by atoms with Crippen molar-refractivity contribution in [2.45, 2.75) is 25.6 Å². The van der Waals surface area contributed by atoms with Gasteiger partial charge in [0.15, 0.2) is 0 Å².